The molecule has 0 aliphatic heterocycles. The fraction of sp³-hybridized carbons (Fsp3) is 0.219. The van der Waals surface area contributed by atoms with Gasteiger partial charge in [-0.05, 0) is 72.6 Å². The maximum Gasteiger partial charge on any atom is 0.341 e. The number of aliphatic hydroxyl groups is 1. The third kappa shape index (κ3) is 8.10. The number of hydrogen-bond acceptors (Lipinski definition) is 8. The molecule has 4 aromatic carbocycles. The van der Waals surface area contributed by atoms with Gasteiger partial charge in [-0.25, -0.2) is 13.2 Å². The number of carbonyl (C=O) groups excluding carboxylic acids is 1. The first-order valence-electron chi connectivity index (χ1n) is 13.3. The van der Waals surface area contributed by atoms with Crippen molar-refractivity contribution >= 4 is 27.4 Å². The number of esters is 1. The van der Waals surface area contributed by atoms with Crippen LogP contribution in [0.15, 0.2) is 107 Å². The van der Waals surface area contributed by atoms with Crippen LogP contribution in [0.4, 0.5) is 0 Å². The van der Waals surface area contributed by atoms with Crippen molar-refractivity contribution in [2.75, 3.05) is 26.3 Å². The summed E-state index contributed by atoms with van der Waals surface area (Å²) in [4.78, 5) is 14.0. The Morgan fingerprint density at radius 3 is 2.33 bits per heavy atom. The molecule has 220 valence electrons. The highest BCUT2D eigenvalue weighted by Gasteiger charge is 2.22. The minimum absolute atomic E-state index is 0.00528. The molecule has 0 unspecified atom stereocenters. The fourth-order valence-electron chi connectivity index (χ4n) is 4.34. The molecule has 0 spiro atoms. The van der Waals surface area contributed by atoms with Crippen molar-refractivity contribution in [3.05, 3.63) is 119 Å². The molecule has 4 aromatic rings. The number of phenolic OH excluding ortho intramolecular Hbond substituents is 1. The lowest BCUT2D eigenvalue weighted by molar-refractivity contribution is 0.0522. The molecule has 8 nitrogen and oxygen atoms in total. The number of aromatic hydroxyl groups is 1. The molecule has 0 bridgehead atoms. The average molecular weight is 610 g/mol. The van der Waals surface area contributed by atoms with Crippen LogP contribution in [0.5, 0.6) is 11.5 Å². The van der Waals surface area contributed by atoms with Gasteiger partial charge in [0.1, 0.15) is 23.7 Å². The Labute approximate surface area is 250 Å². The topological polar surface area (TPSA) is 113 Å². The van der Waals surface area contributed by atoms with Gasteiger partial charge < -0.3 is 19.7 Å². The van der Waals surface area contributed by atoms with Crippen LogP contribution in [0.25, 0.3) is 0 Å². The number of aliphatic hydroxyl groups excluding tert-OH is 1. The maximum absolute atomic E-state index is 13.2. The predicted octanol–water partition coefficient (Wildman–Crippen LogP) is 5.67. The highest BCUT2D eigenvalue weighted by Crippen LogP contribution is 2.28. The molecule has 4 rings (SSSR count). The molecule has 2 N–H and O–H groups in total. The van der Waals surface area contributed by atoms with Crippen LogP contribution in [0.3, 0.4) is 0 Å². The number of phenols is 1. The molecule has 0 aromatic heterocycles. The molecule has 0 heterocycles. The van der Waals surface area contributed by atoms with Crippen molar-refractivity contribution in [2.45, 2.75) is 29.4 Å². The summed E-state index contributed by atoms with van der Waals surface area (Å²) >= 11 is 6.11. The molecular weight excluding hydrogens is 578 g/mol. The number of carbonyl (C=O) groups is 1. The SMILES string of the molecule is CCOC(=O)c1cc(S(=O)(=O)c2ccc(OCCN(Cc3ccccc3)C[C@H](O)c3cccc(Cl)c3)cc2)ccc1O. The number of halogens is 1. The highest BCUT2D eigenvalue weighted by atomic mass is 35.5. The van der Waals surface area contributed by atoms with Gasteiger partial charge in [-0.1, -0.05) is 54.1 Å². The number of nitrogens with zero attached hydrogens (tertiary/aromatic N) is 1. The van der Waals surface area contributed by atoms with Crippen molar-refractivity contribution in [2.24, 2.45) is 0 Å². The zero-order valence-corrected chi connectivity index (χ0v) is 24.6. The Kier molecular flexibility index (Phi) is 10.6. The third-order valence-electron chi connectivity index (χ3n) is 6.50. The number of benzene rings is 4. The molecule has 0 amide bonds. The lowest BCUT2D eigenvalue weighted by atomic mass is 10.1. The zero-order valence-electron chi connectivity index (χ0n) is 23.0. The quantitative estimate of drug-likeness (QED) is 0.186. The smallest absolute Gasteiger partial charge is 0.341 e. The Morgan fingerprint density at radius 2 is 1.64 bits per heavy atom. The zero-order chi connectivity index (χ0) is 30.1. The largest absolute Gasteiger partial charge is 0.507 e. The van der Waals surface area contributed by atoms with Crippen molar-refractivity contribution in [1.82, 2.24) is 4.90 Å². The van der Waals surface area contributed by atoms with Gasteiger partial charge in [0.15, 0.2) is 0 Å². The summed E-state index contributed by atoms with van der Waals surface area (Å²) in [7, 11) is -3.97. The first kappa shape index (κ1) is 31.1. The normalized spacial score (nSPS) is 12.2. The fourth-order valence-corrected chi connectivity index (χ4v) is 5.82. The summed E-state index contributed by atoms with van der Waals surface area (Å²) < 4.78 is 37.2. The number of hydrogen-bond donors (Lipinski definition) is 2. The maximum atomic E-state index is 13.2. The van der Waals surface area contributed by atoms with E-state index in [-0.39, 0.29) is 27.7 Å². The van der Waals surface area contributed by atoms with Crippen molar-refractivity contribution < 1.29 is 32.9 Å². The molecule has 1 atom stereocenters. The van der Waals surface area contributed by atoms with Crippen LogP contribution < -0.4 is 4.74 Å². The van der Waals surface area contributed by atoms with Gasteiger partial charge in [0.2, 0.25) is 9.84 Å². The van der Waals surface area contributed by atoms with Gasteiger partial charge >= 0.3 is 5.97 Å². The van der Waals surface area contributed by atoms with Crippen LogP contribution >= 0.6 is 11.6 Å². The molecule has 10 heteroatoms. The Hall–Kier alpha value is -3.89. The van der Waals surface area contributed by atoms with E-state index in [1.165, 1.54) is 18.2 Å². The average Bonchev–Trinajstić information content (AvgIpc) is 2.98. The van der Waals surface area contributed by atoms with Crippen LogP contribution in [-0.4, -0.2) is 55.8 Å². The summed E-state index contributed by atoms with van der Waals surface area (Å²) in [6.45, 7) is 3.45. The second kappa shape index (κ2) is 14.3. The van der Waals surface area contributed by atoms with Gasteiger partial charge in [0.25, 0.3) is 0 Å². The van der Waals surface area contributed by atoms with Crippen LogP contribution in [0, 0.1) is 0 Å². The second-order valence-electron chi connectivity index (χ2n) is 9.51. The summed E-state index contributed by atoms with van der Waals surface area (Å²) in [5, 5.41) is 21.4. The molecule has 0 fully saturated rings. The minimum Gasteiger partial charge on any atom is -0.507 e. The van der Waals surface area contributed by atoms with Gasteiger partial charge in [-0.3, -0.25) is 4.90 Å². The van der Waals surface area contributed by atoms with E-state index in [1.807, 2.05) is 36.4 Å². The Bertz CT molecular complexity index is 1600. The standard InChI is InChI=1S/C32H32ClNO7S/c1-2-40-32(37)29-20-28(15-16-30(29)35)42(38,39)27-13-11-26(12-14-27)41-18-17-34(21-23-7-4-3-5-8-23)22-31(36)24-9-6-10-25(33)19-24/h3-16,19-20,31,35-36H,2,17-18,21-22H2,1H3/t31-/m0/s1. The van der Waals surface area contributed by atoms with Crippen molar-refractivity contribution in [3.63, 3.8) is 0 Å². The van der Waals surface area contributed by atoms with E-state index in [9.17, 15) is 23.4 Å². The third-order valence-corrected chi connectivity index (χ3v) is 8.50. The summed E-state index contributed by atoms with van der Waals surface area (Å²) in [5.74, 6) is -0.698. The number of ether oxygens (including phenoxy) is 2. The Morgan fingerprint density at radius 1 is 0.929 bits per heavy atom. The van der Waals surface area contributed by atoms with E-state index in [0.717, 1.165) is 23.3 Å². The molecule has 0 saturated heterocycles. The summed E-state index contributed by atoms with van der Waals surface area (Å²) in [6, 6.07) is 26.5. The number of rotatable bonds is 13. The van der Waals surface area contributed by atoms with Crippen molar-refractivity contribution in [3.8, 4) is 11.5 Å². The predicted molar refractivity (Wildman–Crippen MR) is 160 cm³/mol. The van der Waals surface area contributed by atoms with Crippen molar-refractivity contribution in [1.29, 1.82) is 0 Å². The first-order valence-corrected chi connectivity index (χ1v) is 15.2. The van der Waals surface area contributed by atoms with Gasteiger partial charge in [0.05, 0.1) is 22.5 Å². The van der Waals surface area contributed by atoms with Crippen LogP contribution in [0.1, 0.15) is 34.5 Å². The number of sulfone groups is 1. The lowest BCUT2D eigenvalue weighted by Gasteiger charge is -2.25. The Balaban J connectivity index is 1.42. The summed E-state index contributed by atoms with van der Waals surface area (Å²) in [5.41, 5.74) is 1.59. The van der Waals surface area contributed by atoms with Crippen LogP contribution in [-0.2, 0) is 21.1 Å². The first-order chi connectivity index (χ1) is 20.2. The molecule has 0 aliphatic carbocycles. The monoisotopic (exact) mass is 609 g/mol. The van der Waals surface area contributed by atoms with Gasteiger partial charge in [0, 0.05) is 24.7 Å². The van der Waals surface area contributed by atoms with Gasteiger partial charge in [-0.15, -0.1) is 0 Å². The second-order valence-corrected chi connectivity index (χ2v) is 11.9. The van der Waals surface area contributed by atoms with Gasteiger partial charge in [-0.2, -0.15) is 0 Å². The molecule has 0 saturated carbocycles. The van der Waals surface area contributed by atoms with E-state index < -0.39 is 21.9 Å². The van der Waals surface area contributed by atoms with E-state index in [1.54, 1.807) is 37.3 Å². The molecule has 0 aliphatic rings. The van der Waals surface area contributed by atoms with E-state index in [2.05, 4.69) is 4.90 Å². The molecular formula is C32H32ClNO7S. The van der Waals surface area contributed by atoms with E-state index in [4.69, 9.17) is 21.1 Å². The molecule has 0 radical (unpaired) electrons. The lowest BCUT2D eigenvalue weighted by Crippen LogP contribution is -2.32. The molecule has 42 heavy (non-hydrogen) atoms. The van der Waals surface area contributed by atoms with Crippen LogP contribution in [0.2, 0.25) is 5.02 Å². The minimum atomic E-state index is -3.97. The summed E-state index contributed by atoms with van der Waals surface area (Å²) in [6.07, 6.45) is -0.749. The van der Waals surface area contributed by atoms with E-state index >= 15 is 0 Å². The van der Waals surface area contributed by atoms with E-state index in [0.29, 0.717) is 37.0 Å². The highest BCUT2D eigenvalue weighted by molar-refractivity contribution is 7.91.